The van der Waals surface area contributed by atoms with Gasteiger partial charge in [0.25, 0.3) is 0 Å². The lowest BCUT2D eigenvalue weighted by Crippen LogP contribution is -2.11. The van der Waals surface area contributed by atoms with Gasteiger partial charge in [0, 0.05) is 11.9 Å². The van der Waals surface area contributed by atoms with Crippen LogP contribution in [0.4, 0.5) is 0 Å². The van der Waals surface area contributed by atoms with Crippen LogP contribution >= 0.6 is 12.6 Å². The molecule has 0 bridgehead atoms. The van der Waals surface area contributed by atoms with Crippen LogP contribution in [0, 0.1) is 5.92 Å². The Balaban J connectivity index is 3.32. The number of hydrogen-bond donors (Lipinski definition) is 2. The van der Waals surface area contributed by atoms with Crippen LogP contribution in [0.1, 0.15) is 26.7 Å². The van der Waals surface area contributed by atoms with Gasteiger partial charge in [0.2, 0.25) is 0 Å². The fourth-order valence-corrected chi connectivity index (χ4v) is 1.02. The maximum absolute atomic E-state index is 8.53. The van der Waals surface area contributed by atoms with Crippen LogP contribution in [0.2, 0.25) is 0 Å². The lowest BCUT2D eigenvalue weighted by molar-refractivity contribution is 0.276. The molecule has 0 aliphatic carbocycles. The van der Waals surface area contributed by atoms with E-state index in [0.29, 0.717) is 11.2 Å². The summed E-state index contributed by atoms with van der Waals surface area (Å²) >= 11 is 4.33. The summed E-state index contributed by atoms with van der Waals surface area (Å²) < 4.78 is 0. The smallest absolute Gasteiger partial charge is 0.0441 e. The van der Waals surface area contributed by atoms with E-state index < -0.39 is 0 Å². The number of rotatable bonds is 4. The molecule has 0 saturated heterocycles. The van der Waals surface area contributed by atoms with Crippen molar-refractivity contribution in [3.8, 4) is 0 Å². The molecular weight excluding hydrogens is 132 g/mol. The summed E-state index contributed by atoms with van der Waals surface area (Å²) in [6, 6.07) is 0. The van der Waals surface area contributed by atoms with Crippen molar-refractivity contribution < 1.29 is 5.11 Å². The summed E-state index contributed by atoms with van der Waals surface area (Å²) in [6.45, 7) is 4.57. The molecule has 2 atom stereocenters. The molecule has 1 nitrogen and oxygen atoms in total. The van der Waals surface area contributed by atoms with Gasteiger partial charge >= 0.3 is 0 Å². The number of thiol groups is 1. The molecule has 0 heterocycles. The summed E-state index contributed by atoms with van der Waals surface area (Å²) in [6.07, 6.45) is 1.96. The first kappa shape index (κ1) is 9.31. The predicted molar refractivity (Wildman–Crippen MR) is 43.9 cm³/mol. The Morgan fingerprint density at radius 1 is 1.56 bits per heavy atom. The first-order valence-electron chi connectivity index (χ1n) is 3.51. The van der Waals surface area contributed by atoms with E-state index in [2.05, 4.69) is 26.5 Å². The van der Waals surface area contributed by atoms with E-state index in [1.54, 1.807) is 0 Å². The predicted octanol–water partition coefficient (Wildman–Crippen LogP) is 1.71. The highest BCUT2D eigenvalue weighted by Crippen LogP contribution is 2.15. The molecule has 0 amide bonds. The molecule has 0 aromatic carbocycles. The van der Waals surface area contributed by atoms with Gasteiger partial charge in [-0.1, -0.05) is 20.3 Å². The average Bonchev–Trinajstić information content (AvgIpc) is 1.87. The van der Waals surface area contributed by atoms with Crippen LogP contribution in [0.15, 0.2) is 0 Å². The molecule has 0 radical (unpaired) electrons. The van der Waals surface area contributed by atoms with Crippen molar-refractivity contribution in [3.05, 3.63) is 0 Å². The molecule has 0 aliphatic rings. The topological polar surface area (TPSA) is 20.2 Å². The van der Waals surface area contributed by atoms with Crippen LogP contribution in [-0.2, 0) is 0 Å². The number of aliphatic hydroxyl groups excluding tert-OH is 1. The van der Waals surface area contributed by atoms with Crippen molar-refractivity contribution in [3.63, 3.8) is 0 Å². The van der Waals surface area contributed by atoms with E-state index in [-0.39, 0.29) is 6.61 Å². The summed E-state index contributed by atoms with van der Waals surface area (Å²) in [5, 5.41) is 8.91. The molecule has 2 heteroatoms. The zero-order valence-electron chi connectivity index (χ0n) is 6.17. The monoisotopic (exact) mass is 148 g/mol. The summed E-state index contributed by atoms with van der Waals surface area (Å²) in [5.74, 6) is 0.625. The maximum atomic E-state index is 8.53. The maximum Gasteiger partial charge on any atom is 0.0441 e. The highest BCUT2D eigenvalue weighted by atomic mass is 32.1. The third-order valence-electron chi connectivity index (χ3n) is 1.73. The van der Waals surface area contributed by atoms with Crippen LogP contribution < -0.4 is 0 Å². The second kappa shape index (κ2) is 5.12. The van der Waals surface area contributed by atoms with Crippen LogP contribution in [0.3, 0.4) is 0 Å². The quantitative estimate of drug-likeness (QED) is 0.582. The summed E-state index contributed by atoms with van der Waals surface area (Å²) in [7, 11) is 0. The fourth-order valence-electron chi connectivity index (χ4n) is 0.689. The van der Waals surface area contributed by atoms with E-state index in [9.17, 15) is 0 Å². The Bertz CT molecular complexity index is 65.9. The molecule has 0 aliphatic heterocycles. The Kier molecular flexibility index (Phi) is 5.30. The molecule has 0 saturated carbocycles. The SMILES string of the molecule is CCC(C)C(S)CCO. The van der Waals surface area contributed by atoms with E-state index in [0.717, 1.165) is 12.8 Å². The fraction of sp³-hybridized carbons (Fsp3) is 1.00. The highest BCUT2D eigenvalue weighted by molar-refractivity contribution is 7.81. The third-order valence-corrected chi connectivity index (χ3v) is 2.49. The van der Waals surface area contributed by atoms with Crippen molar-refractivity contribution in [1.82, 2.24) is 0 Å². The molecule has 0 spiro atoms. The van der Waals surface area contributed by atoms with Gasteiger partial charge in [-0.3, -0.25) is 0 Å². The zero-order chi connectivity index (χ0) is 7.28. The van der Waals surface area contributed by atoms with E-state index >= 15 is 0 Å². The normalized spacial score (nSPS) is 17.3. The van der Waals surface area contributed by atoms with Gasteiger partial charge in [-0.25, -0.2) is 0 Å². The van der Waals surface area contributed by atoms with E-state index in [4.69, 9.17) is 5.11 Å². The van der Waals surface area contributed by atoms with E-state index in [1.807, 2.05) is 0 Å². The second-order valence-corrected chi connectivity index (χ2v) is 3.13. The molecule has 9 heavy (non-hydrogen) atoms. The third kappa shape index (κ3) is 3.82. The minimum Gasteiger partial charge on any atom is -0.396 e. The van der Waals surface area contributed by atoms with Crippen molar-refractivity contribution in [2.45, 2.75) is 31.9 Å². The van der Waals surface area contributed by atoms with Gasteiger partial charge < -0.3 is 5.11 Å². The average molecular weight is 148 g/mol. The molecule has 2 unspecified atom stereocenters. The molecular formula is C7H16OS. The van der Waals surface area contributed by atoms with Crippen LogP contribution in [0.5, 0.6) is 0 Å². The summed E-state index contributed by atoms with van der Waals surface area (Å²) in [5.41, 5.74) is 0. The number of hydrogen-bond acceptors (Lipinski definition) is 2. The van der Waals surface area contributed by atoms with Gasteiger partial charge in [-0.15, -0.1) is 0 Å². The molecule has 0 aromatic heterocycles. The minimum absolute atomic E-state index is 0.262. The van der Waals surface area contributed by atoms with Crippen LogP contribution in [-0.4, -0.2) is 17.0 Å². The Labute approximate surface area is 62.9 Å². The largest absolute Gasteiger partial charge is 0.396 e. The molecule has 0 aromatic rings. The van der Waals surface area contributed by atoms with Gasteiger partial charge in [-0.05, 0) is 12.3 Å². The van der Waals surface area contributed by atoms with Crippen molar-refractivity contribution in [1.29, 1.82) is 0 Å². The molecule has 56 valence electrons. The molecule has 0 fully saturated rings. The van der Waals surface area contributed by atoms with Gasteiger partial charge in [0.1, 0.15) is 0 Å². The Morgan fingerprint density at radius 2 is 2.11 bits per heavy atom. The van der Waals surface area contributed by atoms with Gasteiger partial charge in [0.05, 0.1) is 0 Å². The number of aliphatic hydroxyl groups is 1. The standard InChI is InChI=1S/C7H16OS/c1-3-6(2)7(9)4-5-8/h6-9H,3-5H2,1-2H3. The van der Waals surface area contributed by atoms with Crippen molar-refractivity contribution >= 4 is 12.6 Å². The zero-order valence-corrected chi connectivity index (χ0v) is 7.06. The van der Waals surface area contributed by atoms with E-state index in [1.165, 1.54) is 0 Å². The minimum atomic E-state index is 0.262. The second-order valence-electron chi connectivity index (χ2n) is 2.47. The Hall–Kier alpha value is 0.310. The van der Waals surface area contributed by atoms with Crippen LogP contribution in [0.25, 0.3) is 0 Å². The summed E-state index contributed by atoms with van der Waals surface area (Å²) in [4.78, 5) is 0. The first-order valence-corrected chi connectivity index (χ1v) is 4.03. The molecule has 1 N–H and O–H groups in total. The van der Waals surface area contributed by atoms with Crippen molar-refractivity contribution in [2.24, 2.45) is 5.92 Å². The highest BCUT2D eigenvalue weighted by Gasteiger charge is 2.08. The lowest BCUT2D eigenvalue weighted by atomic mass is 10.0. The Morgan fingerprint density at radius 3 is 2.44 bits per heavy atom. The first-order chi connectivity index (χ1) is 4.22. The van der Waals surface area contributed by atoms with Gasteiger partial charge in [0.15, 0.2) is 0 Å². The van der Waals surface area contributed by atoms with Crippen molar-refractivity contribution in [2.75, 3.05) is 6.61 Å². The van der Waals surface area contributed by atoms with Gasteiger partial charge in [-0.2, -0.15) is 12.6 Å². The lowest BCUT2D eigenvalue weighted by Gasteiger charge is -2.15. The molecule has 0 rings (SSSR count).